The van der Waals surface area contributed by atoms with Crippen molar-refractivity contribution >= 4 is 0 Å². The molecular weight excluding hydrogens is 348 g/mol. The summed E-state index contributed by atoms with van der Waals surface area (Å²) in [5, 5.41) is 20.9. The Hall–Kier alpha value is -1.84. The number of hydrogen-bond donors (Lipinski definition) is 2. The molecule has 148 valence electrons. The lowest BCUT2D eigenvalue weighted by Crippen LogP contribution is -2.44. The number of aliphatic hydroxyl groups excluding tert-OH is 2. The second kappa shape index (κ2) is 6.89. The molecule has 0 unspecified atom stereocenters. The molecule has 0 saturated heterocycles. The maximum Gasteiger partial charge on any atom is 0.120 e. The summed E-state index contributed by atoms with van der Waals surface area (Å²) in [6, 6.07) is 16.9. The molecule has 0 bridgehead atoms. The fourth-order valence-electron chi connectivity index (χ4n) is 6.38. The van der Waals surface area contributed by atoms with Crippen molar-refractivity contribution in [3.8, 4) is 5.75 Å². The van der Waals surface area contributed by atoms with Gasteiger partial charge in [-0.3, -0.25) is 0 Å². The van der Waals surface area contributed by atoms with Gasteiger partial charge < -0.3 is 14.9 Å². The van der Waals surface area contributed by atoms with Crippen LogP contribution < -0.4 is 4.74 Å². The molecule has 3 aliphatic carbocycles. The van der Waals surface area contributed by atoms with Crippen LogP contribution in [-0.2, 0) is 13.0 Å². The highest BCUT2D eigenvalue weighted by Gasteiger charge is 2.57. The van der Waals surface area contributed by atoms with Gasteiger partial charge in [-0.15, -0.1) is 0 Å². The summed E-state index contributed by atoms with van der Waals surface area (Å²) in [6.07, 6.45) is 3.98. The fraction of sp³-hybridized carbons (Fsp3) is 0.520. The van der Waals surface area contributed by atoms with Crippen molar-refractivity contribution in [1.29, 1.82) is 0 Å². The molecule has 0 spiro atoms. The number of aryl methyl sites for hydroxylation is 1. The van der Waals surface area contributed by atoms with Crippen LogP contribution in [0.15, 0.2) is 48.5 Å². The predicted octanol–water partition coefficient (Wildman–Crippen LogP) is 4.45. The Morgan fingerprint density at radius 3 is 2.71 bits per heavy atom. The summed E-state index contributed by atoms with van der Waals surface area (Å²) < 4.78 is 6.04. The average molecular weight is 379 g/mol. The van der Waals surface area contributed by atoms with Crippen LogP contribution in [0.2, 0.25) is 0 Å². The molecule has 3 heteroatoms. The minimum atomic E-state index is -0.561. The normalized spacial score (nSPS) is 36.3. The topological polar surface area (TPSA) is 49.7 Å². The van der Waals surface area contributed by atoms with Gasteiger partial charge in [0.05, 0.1) is 12.2 Å². The molecule has 0 amide bonds. The lowest BCUT2D eigenvalue weighted by atomic mass is 9.55. The van der Waals surface area contributed by atoms with E-state index in [1.807, 2.05) is 18.2 Å². The van der Waals surface area contributed by atoms with Gasteiger partial charge in [0.25, 0.3) is 0 Å². The van der Waals surface area contributed by atoms with Crippen molar-refractivity contribution in [1.82, 2.24) is 0 Å². The maximum atomic E-state index is 10.6. The first kappa shape index (κ1) is 18.2. The predicted molar refractivity (Wildman–Crippen MR) is 109 cm³/mol. The van der Waals surface area contributed by atoms with Gasteiger partial charge in [-0.1, -0.05) is 43.3 Å². The summed E-state index contributed by atoms with van der Waals surface area (Å²) in [5.74, 6) is 2.52. The zero-order valence-electron chi connectivity index (χ0n) is 16.6. The molecule has 28 heavy (non-hydrogen) atoms. The lowest BCUT2D eigenvalue weighted by molar-refractivity contribution is -0.0505. The average Bonchev–Trinajstić information content (AvgIpc) is 2.96. The summed E-state index contributed by atoms with van der Waals surface area (Å²) in [4.78, 5) is 0. The number of ether oxygens (including phenoxy) is 1. The SMILES string of the molecule is C[C@]12CC[C@@H]3c4ccc(OCc5ccccc5)cc4CC[C@H]3[C@@H]1C[C@@H](O)[C@H]2O. The monoisotopic (exact) mass is 378 g/mol. The van der Waals surface area contributed by atoms with E-state index in [2.05, 4.69) is 37.3 Å². The van der Waals surface area contributed by atoms with E-state index in [-0.39, 0.29) is 5.41 Å². The Balaban J connectivity index is 1.35. The van der Waals surface area contributed by atoms with Crippen LogP contribution in [0.25, 0.3) is 0 Å². The third-order valence-corrected chi connectivity index (χ3v) is 7.92. The molecule has 2 aromatic rings. The summed E-state index contributed by atoms with van der Waals surface area (Å²) in [6.45, 7) is 2.80. The van der Waals surface area contributed by atoms with Gasteiger partial charge >= 0.3 is 0 Å². The molecule has 3 nitrogen and oxygen atoms in total. The standard InChI is InChI=1S/C25H30O3/c1-25-12-11-20-19-10-8-18(28-15-16-5-3-2-4-6-16)13-17(19)7-9-21(20)22(25)14-23(26)24(25)27/h2-6,8,10,13,20-24,26-27H,7,9,11-12,14-15H2,1H3/t20-,21-,22+,23-,24-,25+/m1/s1. The van der Waals surface area contributed by atoms with Gasteiger partial charge in [0.2, 0.25) is 0 Å². The molecule has 0 heterocycles. The summed E-state index contributed by atoms with van der Waals surface area (Å²) >= 11 is 0. The first-order valence-corrected chi connectivity index (χ1v) is 10.7. The molecule has 0 aliphatic heterocycles. The Labute approximate surface area is 167 Å². The number of fused-ring (bicyclic) bond motifs is 5. The van der Waals surface area contributed by atoms with Crippen molar-refractivity contribution in [2.75, 3.05) is 0 Å². The van der Waals surface area contributed by atoms with Crippen molar-refractivity contribution < 1.29 is 14.9 Å². The quantitative estimate of drug-likeness (QED) is 0.829. The van der Waals surface area contributed by atoms with Crippen molar-refractivity contribution in [2.24, 2.45) is 17.3 Å². The molecule has 3 aliphatic rings. The van der Waals surface area contributed by atoms with E-state index in [0.29, 0.717) is 24.4 Å². The Morgan fingerprint density at radius 1 is 1.07 bits per heavy atom. The van der Waals surface area contributed by atoms with Crippen molar-refractivity contribution in [3.63, 3.8) is 0 Å². The molecule has 0 radical (unpaired) electrons. The van der Waals surface area contributed by atoms with Crippen molar-refractivity contribution in [3.05, 3.63) is 65.2 Å². The molecule has 5 rings (SSSR count). The van der Waals surface area contributed by atoms with Crippen LogP contribution >= 0.6 is 0 Å². The minimum absolute atomic E-state index is 0.114. The van der Waals surface area contributed by atoms with E-state index in [1.54, 1.807) is 0 Å². The van der Waals surface area contributed by atoms with Gasteiger partial charge in [-0.2, -0.15) is 0 Å². The van der Waals surface area contributed by atoms with Gasteiger partial charge in [0.1, 0.15) is 12.4 Å². The molecule has 6 atom stereocenters. The molecule has 0 aromatic heterocycles. The molecule has 2 N–H and O–H groups in total. The lowest BCUT2D eigenvalue weighted by Gasteiger charge is -2.49. The Kier molecular flexibility index (Phi) is 4.48. The third kappa shape index (κ3) is 2.87. The highest BCUT2D eigenvalue weighted by molar-refractivity contribution is 5.41. The van der Waals surface area contributed by atoms with Crippen LogP contribution in [0.4, 0.5) is 0 Å². The van der Waals surface area contributed by atoms with Crippen LogP contribution in [0.1, 0.15) is 55.2 Å². The zero-order chi connectivity index (χ0) is 19.3. The number of rotatable bonds is 3. The summed E-state index contributed by atoms with van der Waals surface area (Å²) in [5.41, 5.74) is 3.97. The van der Waals surface area contributed by atoms with Gasteiger partial charge in [-0.25, -0.2) is 0 Å². The highest BCUT2D eigenvalue weighted by Crippen LogP contribution is 2.60. The smallest absolute Gasteiger partial charge is 0.120 e. The van der Waals surface area contributed by atoms with Gasteiger partial charge in [0.15, 0.2) is 0 Å². The first-order valence-electron chi connectivity index (χ1n) is 10.7. The molecule has 2 fully saturated rings. The Bertz CT molecular complexity index is 848. The van der Waals surface area contributed by atoms with E-state index in [1.165, 1.54) is 16.7 Å². The molecular formula is C25H30O3. The van der Waals surface area contributed by atoms with E-state index < -0.39 is 12.2 Å². The van der Waals surface area contributed by atoms with E-state index in [0.717, 1.165) is 37.9 Å². The maximum absolute atomic E-state index is 10.6. The van der Waals surface area contributed by atoms with E-state index in [4.69, 9.17) is 4.74 Å². The molecule has 2 aromatic carbocycles. The van der Waals surface area contributed by atoms with Gasteiger partial charge in [0, 0.05) is 0 Å². The van der Waals surface area contributed by atoms with Crippen LogP contribution in [0.5, 0.6) is 5.75 Å². The van der Waals surface area contributed by atoms with E-state index in [9.17, 15) is 10.2 Å². The Morgan fingerprint density at radius 2 is 1.89 bits per heavy atom. The minimum Gasteiger partial charge on any atom is -0.489 e. The first-order chi connectivity index (χ1) is 13.6. The second-order valence-electron chi connectivity index (χ2n) is 9.34. The summed E-state index contributed by atoms with van der Waals surface area (Å²) in [7, 11) is 0. The van der Waals surface area contributed by atoms with Crippen LogP contribution in [0.3, 0.4) is 0 Å². The highest BCUT2D eigenvalue weighted by atomic mass is 16.5. The van der Waals surface area contributed by atoms with Crippen molar-refractivity contribution in [2.45, 2.75) is 63.8 Å². The molecule has 2 saturated carbocycles. The fourth-order valence-corrected chi connectivity index (χ4v) is 6.38. The van der Waals surface area contributed by atoms with Gasteiger partial charge in [-0.05, 0) is 84.1 Å². The van der Waals surface area contributed by atoms with E-state index >= 15 is 0 Å². The second-order valence-corrected chi connectivity index (χ2v) is 9.34. The number of hydrogen-bond acceptors (Lipinski definition) is 3. The van der Waals surface area contributed by atoms with Crippen LogP contribution in [0, 0.1) is 17.3 Å². The number of aliphatic hydroxyl groups is 2. The largest absolute Gasteiger partial charge is 0.489 e. The van der Waals surface area contributed by atoms with Crippen LogP contribution in [-0.4, -0.2) is 22.4 Å². The number of benzene rings is 2. The zero-order valence-corrected chi connectivity index (χ0v) is 16.6. The third-order valence-electron chi connectivity index (χ3n) is 7.92.